The summed E-state index contributed by atoms with van der Waals surface area (Å²) < 4.78 is 42.2. The van der Waals surface area contributed by atoms with Crippen LogP contribution in [0.15, 0.2) is 36.8 Å². The molecule has 0 saturated heterocycles. The second kappa shape index (κ2) is 13.1. The van der Waals surface area contributed by atoms with Crippen LogP contribution in [0, 0.1) is 23.0 Å². The molecule has 2 aromatic carbocycles. The largest absolute Gasteiger partial charge is 0.444 e. The molecule has 2 amide bonds. The van der Waals surface area contributed by atoms with Crippen LogP contribution in [0.5, 0.6) is 0 Å². The molecular weight excluding hydrogens is 638 g/mol. The van der Waals surface area contributed by atoms with Crippen molar-refractivity contribution in [3.05, 3.63) is 59.0 Å². The van der Waals surface area contributed by atoms with E-state index in [9.17, 15) is 14.9 Å². The van der Waals surface area contributed by atoms with E-state index in [1.54, 1.807) is 46.4 Å². The van der Waals surface area contributed by atoms with Crippen LogP contribution >= 0.6 is 22.9 Å². The van der Waals surface area contributed by atoms with Crippen LogP contribution in [0.25, 0.3) is 32.1 Å². The molecule has 14 heteroatoms. The fourth-order valence-corrected chi connectivity index (χ4v) is 6.00. The van der Waals surface area contributed by atoms with E-state index in [2.05, 4.69) is 27.2 Å². The third-order valence-electron chi connectivity index (χ3n) is 6.33. The molecule has 4 rings (SSSR count). The molecule has 2 N–H and O–H groups in total. The molecule has 4 aromatic rings. The highest BCUT2D eigenvalue weighted by Gasteiger charge is 2.27. The van der Waals surface area contributed by atoms with Gasteiger partial charge in [0.1, 0.15) is 45.8 Å². The Labute approximate surface area is 274 Å². The Morgan fingerprint density at radius 3 is 2.37 bits per heavy atom. The number of carbonyl (C=O) groups is 2. The van der Waals surface area contributed by atoms with Crippen LogP contribution < -0.4 is 15.5 Å². The number of fused-ring (bicyclic) bond motifs is 2. The molecule has 2 heterocycles. The molecule has 0 spiro atoms. The van der Waals surface area contributed by atoms with Crippen LogP contribution in [0.1, 0.15) is 54.0 Å². The Hall–Kier alpha value is -4.54. The number of benzene rings is 2. The average Bonchev–Trinajstić information content (AvgIpc) is 3.29. The normalized spacial score (nSPS) is 11.7. The second-order valence-electron chi connectivity index (χ2n) is 12.2. The summed E-state index contributed by atoms with van der Waals surface area (Å²) in [6.07, 6.45) is -0.305. The first-order valence-corrected chi connectivity index (χ1v) is 15.3. The maximum absolute atomic E-state index is 16.5. The van der Waals surface area contributed by atoms with Gasteiger partial charge in [-0.1, -0.05) is 24.2 Å². The highest BCUT2D eigenvalue weighted by Crippen LogP contribution is 2.46. The van der Waals surface area contributed by atoms with E-state index in [0.717, 1.165) is 17.4 Å². The smallest absolute Gasteiger partial charge is 0.412 e. The molecule has 0 aliphatic carbocycles. The zero-order valence-electron chi connectivity index (χ0n) is 26.4. The van der Waals surface area contributed by atoms with Gasteiger partial charge in [-0.3, -0.25) is 10.6 Å². The first-order valence-electron chi connectivity index (χ1n) is 14.1. The lowest BCUT2D eigenvalue weighted by molar-refractivity contribution is 0.0544. The Morgan fingerprint density at radius 2 is 1.76 bits per heavy atom. The lowest BCUT2D eigenvalue weighted by Crippen LogP contribution is -2.36. The van der Waals surface area contributed by atoms with Crippen molar-refractivity contribution in [2.75, 3.05) is 23.3 Å². The quantitative estimate of drug-likeness (QED) is 0.200. The topological polar surface area (TPSA) is 129 Å². The van der Waals surface area contributed by atoms with E-state index in [1.165, 1.54) is 18.5 Å². The third kappa shape index (κ3) is 7.46. The number of alkyl carbamates (subject to hydrolysis) is 1. The summed E-state index contributed by atoms with van der Waals surface area (Å²) >= 11 is 7.55. The van der Waals surface area contributed by atoms with Crippen molar-refractivity contribution in [2.24, 2.45) is 0 Å². The van der Waals surface area contributed by atoms with E-state index >= 15 is 8.78 Å². The monoisotopic (exact) mass is 670 g/mol. The number of halogens is 3. The van der Waals surface area contributed by atoms with Gasteiger partial charge in [0.05, 0.1) is 21.8 Å². The minimum absolute atomic E-state index is 0.0206. The van der Waals surface area contributed by atoms with Crippen LogP contribution in [0.2, 0.25) is 5.02 Å². The van der Waals surface area contributed by atoms with Gasteiger partial charge < -0.3 is 14.4 Å². The van der Waals surface area contributed by atoms with E-state index in [4.69, 9.17) is 21.1 Å². The molecule has 0 aliphatic rings. The first kappa shape index (κ1) is 34.3. The fourth-order valence-electron chi connectivity index (χ4n) is 4.64. The molecule has 0 bridgehead atoms. The van der Waals surface area contributed by atoms with E-state index < -0.39 is 35.0 Å². The molecule has 242 valence electrons. The number of rotatable bonds is 7. The second-order valence-corrected chi connectivity index (χ2v) is 13.7. The number of carbonyl (C=O) groups excluding carboxylic acids is 2. The number of nitrogens with one attached hydrogen (secondary N) is 2. The van der Waals surface area contributed by atoms with Gasteiger partial charge in [-0.05, 0) is 66.2 Å². The zero-order valence-corrected chi connectivity index (χ0v) is 28.0. The summed E-state index contributed by atoms with van der Waals surface area (Å²) in [5.74, 6) is -1.16. The van der Waals surface area contributed by atoms with Gasteiger partial charge >= 0.3 is 12.2 Å². The Balaban J connectivity index is 1.80. The minimum atomic E-state index is -0.832. The standard InChI is InChI=1S/C32H33ClF2N6O4S/c1-9-41(14-16(2)39-29(42)44-31(3,4)5)27-18-12-20(33)23(24(35)25(18)37-15-38-27)17-10-11-21(34)26-22(17)19(13-36)28(46-26)40-30(43)45-32(6,7)8/h10-12,15H,2,9,14H2,1,3-8H3,(H,39,42)(H,40,43). The zero-order chi connectivity index (χ0) is 34.1. The Bertz CT molecular complexity index is 1910. The van der Waals surface area contributed by atoms with Crippen LogP contribution in [0.4, 0.5) is 29.2 Å². The number of anilines is 2. The van der Waals surface area contributed by atoms with Gasteiger partial charge in [-0.15, -0.1) is 11.3 Å². The van der Waals surface area contributed by atoms with Crippen molar-refractivity contribution in [3.63, 3.8) is 0 Å². The number of hydrogen-bond donors (Lipinski definition) is 2. The van der Waals surface area contributed by atoms with Crippen LogP contribution in [0.3, 0.4) is 0 Å². The van der Waals surface area contributed by atoms with Gasteiger partial charge in [-0.25, -0.2) is 28.3 Å². The third-order valence-corrected chi connectivity index (χ3v) is 7.74. The molecule has 10 nitrogen and oxygen atoms in total. The number of nitriles is 1. The number of ether oxygens (including phenoxy) is 2. The van der Waals surface area contributed by atoms with Crippen LogP contribution in [-0.4, -0.2) is 46.4 Å². The number of likely N-dealkylation sites (N-methyl/N-ethyl adjacent to an activating group) is 1. The Kier molecular flexibility index (Phi) is 9.75. The predicted octanol–water partition coefficient (Wildman–Crippen LogP) is 8.53. The van der Waals surface area contributed by atoms with Gasteiger partial charge in [0.15, 0.2) is 5.82 Å². The minimum Gasteiger partial charge on any atom is -0.444 e. The molecule has 2 aromatic heterocycles. The van der Waals surface area contributed by atoms with E-state index in [-0.39, 0.29) is 54.2 Å². The lowest BCUT2D eigenvalue weighted by Gasteiger charge is -2.25. The Morgan fingerprint density at radius 1 is 1.11 bits per heavy atom. The van der Waals surface area contributed by atoms with Gasteiger partial charge in [0.2, 0.25) is 0 Å². The SMILES string of the molecule is C=C(CN(CC)c1ncnc2c(F)c(-c3ccc(F)c4sc(NC(=O)OC(C)(C)C)c(C#N)c34)c(Cl)cc12)NC(=O)OC(C)(C)C. The number of hydrogen-bond acceptors (Lipinski definition) is 9. The molecule has 0 saturated carbocycles. The summed E-state index contributed by atoms with van der Waals surface area (Å²) in [5.41, 5.74) is -1.33. The maximum atomic E-state index is 16.5. The lowest BCUT2D eigenvalue weighted by atomic mass is 9.97. The highest BCUT2D eigenvalue weighted by atomic mass is 35.5. The van der Waals surface area contributed by atoms with Crippen molar-refractivity contribution < 1.29 is 27.8 Å². The molecule has 0 fully saturated rings. The number of thiophene rings is 1. The summed E-state index contributed by atoms with van der Waals surface area (Å²) in [4.78, 5) is 35.0. The number of aromatic nitrogens is 2. The highest BCUT2D eigenvalue weighted by molar-refractivity contribution is 7.23. The summed E-state index contributed by atoms with van der Waals surface area (Å²) in [7, 11) is 0. The summed E-state index contributed by atoms with van der Waals surface area (Å²) in [5, 5.41) is 15.5. The van der Waals surface area contributed by atoms with Gasteiger partial charge in [0.25, 0.3) is 0 Å². The molecule has 0 atom stereocenters. The van der Waals surface area contributed by atoms with Crippen molar-refractivity contribution >= 4 is 66.9 Å². The van der Waals surface area contributed by atoms with E-state index in [1.807, 2.05) is 13.0 Å². The van der Waals surface area contributed by atoms with Crippen molar-refractivity contribution in [3.8, 4) is 17.2 Å². The molecule has 0 aliphatic heterocycles. The van der Waals surface area contributed by atoms with Crippen molar-refractivity contribution in [2.45, 2.75) is 59.7 Å². The van der Waals surface area contributed by atoms with Gasteiger partial charge in [-0.2, -0.15) is 5.26 Å². The van der Waals surface area contributed by atoms with E-state index in [0.29, 0.717) is 18.1 Å². The number of amides is 2. The number of nitrogens with zero attached hydrogens (tertiary/aromatic N) is 4. The van der Waals surface area contributed by atoms with Crippen molar-refractivity contribution in [1.82, 2.24) is 15.3 Å². The molecule has 0 radical (unpaired) electrons. The average molecular weight is 671 g/mol. The summed E-state index contributed by atoms with van der Waals surface area (Å²) in [6.45, 7) is 16.5. The summed E-state index contributed by atoms with van der Waals surface area (Å²) in [6, 6.07) is 5.96. The fraction of sp³-hybridized carbons (Fsp3) is 0.344. The predicted molar refractivity (Wildman–Crippen MR) is 176 cm³/mol. The van der Waals surface area contributed by atoms with Crippen LogP contribution in [-0.2, 0) is 9.47 Å². The molecular formula is C32H33ClF2N6O4S. The molecule has 46 heavy (non-hydrogen) atoms. The first-order chi connectivity index (χ1) is 21.4. The molecule has 0 unspecified atom stereocenters. The van der Waals surface area contributed by atoms with Crippen molar-refractivity contribution in [1.29, 1.82) is 5.26 Å². The van der Waals surface area contributed by atoms with Gasteiger partial charge in [0, 0.05) is 28.6 Å². The maximum Gasteiger partial charge on any atom is 0.412 e.